The Labute approximate surface area is 221 Å². The molecule has 8 heteroatoms. The van der Waals surface area contributed by atoms with Crippen molar-refractivity contribution in [3.8, 4) is 5.75 Å². The summed E-state index contributed by atoms with van der Waals surface area (Å²) in [7, 11) is -2.31. The Morgan fingerprint density at radius 2 is 1.86 bits per heavy atom. The summed E-state index contributed by atoms with van der Waals surface area (Å²) >= 11 is 1.69. The van der Waals surface area contributed by atoms with Gasteiger partial charge in [-0.1, -0.05) is 48.5 Å². The van der Waals surface area contributed by atoms with Crippen molar-refractivity contribution in [2.24, 2.45) is 0 Å². The normalized spacial score (nSPS) is 15.5. The lowest BCUT2D eigenvalue weighted by atomic mass is 9.93. The Morgan fingerprint density at radius 1 is 1.11 bits per heavy atom. The predicted octanol–water partition coefficient (Wildman–Crippen LogP) is 5.26. The highest BCUT2D eigenvalue weighted by atomic mass is 32.2. The summed E-state index contributed by atoms with van der Waals surface area (Å²) in [6.07, 6.45) is 2.25. The third-order valence-electron chi connectivity index (χ3n) is 6.72. The van der Waals surface area contributed by atoms with Crippen molar-refractivity contribution in [2.45, 2.75) is 17.4 Å². The van der Waals surface area contributed by atoms with Crippen LogP contribution in [0.4, 0.5) is 0 Å². The SMILES string of the molecule is C=CCN(CC(=O)N1CCc2sccc2C1c1ccc(OC)cc1)S(=O)(=O)c1ccc2ccccc2c1. The number of carbonyl (C=O) groups excluding carboxylic acids is 1. The zero-order valence-electron chi connectivity index (χ0n) is 20.5. The second kappa shape index (κ2) is 10.5. The van der Waals surface area contributed by atoms with Gasteiger partial charge in [0.05, 0.1) is 24.6 Å². The number of hydrogen-bond donors (Lipinski definition) is 0. The molecule has 1 atom stereocenters. The van der Waals surface area contributed by atoms with E-state index >= 15 is 0 Å². The van der Waals surface area contributed by atoms with E-state index in [0.717, 1.165) is 34.1 Å². The topological polar surface area (TPSA) is 66.9 Å². The van der Waals surface area contributed by atoms with Gasteiger partial charge in [-0.25, -0.2) is 8.42 Å². The maximum atomic E-state index is 13.8. The molecular weight excluding hydrogens is 504 g/mol. The molecule has 190 valence electrons. The molecule has 4 aromatic rings. The summed E-state index contributed by atoms with van der Waals surface area (Å²) < 4.78 is 33.8. The first-order valence-corrected chi connectivity index (χ1v) is 14.3. The second-order valence-corrected chi connectivity index (χ2v) is 11.8. The number of methoxy groups -OCH3 is 1. The molecule has 1 aliphatic heterocycles. The van der Waals surface area contributed by atoms with Gasteiger partial charge < -0.3 is 9.64 Å². The number of nitrogens with zero attached hydrogens (tertiary/aromatic N) is 2. The van der Waals surface area contributed by atoms with Crippen molar-refractivity contribution in [1.82, 2.24) is 9.21 Å². The van der Waals surface area contributed by atoms with Crippen LogP contribution in [-0.2, 0) is 21.2 Å². The van der Waals surface area contributed by atoms with Crippen molar-refractivity contribution < 1.29 is 17.9 Å². The molecule has 5 rings (SSSR count). The smallest absolute Gasteiger partial charge is 0.243 e. The van der Waals surface area contributed by atoms with E-state index in [-0.39, 0.29) is 29.9 Å². The van der Waals surface area contributed by atoms with Gasteiger partial charge in [0.25, 0.3) is 0 Å². The molecule has 0 bridgehead atoms. The molecule has 1 aromatic heterocycles. The number of hydrogen-bond acceptors (Lipinski definition) is 5. The lowest BCUT2D eigenvalue weighted by Crippen LogP contribution is -2.46. The van der Waals surface area contributed by atoms with E-state index in [4.69, 9.17) is 4.74 Å². The van der Waals surface area contributed by atoms with Crippen LogP contribution in [0.15, 0.2) is 95.7 Å². The van der Waals surface area contributed by atoms with Crippen LogP contribution in [0, 0.1) is 0 Å². The number of sulfonamides is 1. The number of ether oxygens (including phenoxy) is 1. The molecule has 1 unspecified atom stereocenters. The first-order chi connectivity index (χ1) is 17.9. The number of carbonyl (C=O) groups is 1. The summed E-state index contributed by atoms with van der Waals surface area (Å²) in [5.41, 5.74) is 2.04. The highest BCUT2D eigenvalue weighted by molar-refractivity contribution is 7.89. The fourth-order valence-corrected chi connectivity index (χ4v) is 7.14. The van der Waals surface area contributed by atoms with E-state index in [1.54, 1.807) is 41.5 Å². The van der Waals surface area contributed by atoms with E-state index in [2.05, 4.69) is 12.6 Å². The van der Waals surface area contributed by atoms with Gasteiger partial charge in [0.1, 0.15) is 5.75 Å². The van der Waals surface area contributed by atoms with Gasteiger partial charge >= 0.3 is 0 Å². The third-order valence-corrected chi connectivity index (χ3v) is 9.53. The molecule has 2 heterocycles. The van der Waals surface area contributed by atoms with Crippen LogP contribution in [0.25, 0.3) is 10.8 Å². The van der Waals surface area contributed by atoms with Gasteiger partial charge in [-0.3, -0.25) is 4.79 Å². The summed E-state index contributed by atoms with van der Waals surface area (Å²) in [6, 6.07) is 22.1. The minimum atomic E-state index is -3.93. The standard InChI is InChI=1S/C29H28N2O4S2/c1-3-16-30(37(33,34)25-13-10-21-6-4-5-7-23(21)19-25)20-28(32)31-17-14-27-26(15-18-36-27)29(31)22-8-11-24(35-2)12-9-22/h3-13,15,18-19,29H,1,14,16-17,20H2,2H3. The van der Waals surface area contributed by atoms with Crippen LogP contribution < -0.4 is 4.74 Å². The molecule has 3 aromatic carbocycles. The van der Waals surface area contributed by atoms with E-state index in [9.17, 15) is 13.2 Å². The number of benzene rings is 3. The van der Waals surface area contributed by atoms with Crippen molar-refractivity contribution in [3.63, 3.8) is 0 Å². The fraction of sp³-hybridized carbons (Fsp3) is 0.207. The first-order valence-electron chi connectivity index (χ1n) is 12.0. The minimum Gasteiger partial charge on any atom is -0.497 e. The molecule has 0 aliphatic carbocycles. The summed E-state index contributed by atoms with van der Waals surface area (Å²) in [4.78, 5) is 17.0. The van der Waals surface area contributed by atoms with Crippen LogP contribution in [0.2, 0.25) is 0 Å². The van der Waals surface area contributed by atoms with E-state index in [0.29, 0.717) is 6.54 Å². The zero-order chi connectivity index (χ0) is 26.0. The van der Waals surface area contributed by atoms with Gasteiger partial charge in [-0.05, 0) is 64.0 Å². The molecule has 1 aliphatic rings. The third kappa shape index (κ3) is 4.92. The molecule has 0 fully saturated rings. The predicted molar refractivity (Wildman–Crippen MR) is 147 cm³/mol. The summed E-state index contributed by atoms with van der Waals surface area (Å²) in [6.45, 7) is 4.02. The van der Waals surface area contributed by atoms with Crippen LogP contribution in [0.5, 0.6) is 5.75 Å². The largest absolute Gasteiger partial charge is 0.497 e. The second-order valence-electron chi connectivity index (χ2n) is 8.91. The Morgan fingerprint density at radius 3 is 2.59 bits per heavy atom. The molecule has 1 amide bonds. The maximum Gasteiger partial charge on any atom is 0.243 e. The lowest BCUT2D eigenvalue weighted by molar-refractivity contribution is -0.133. The van der Waals surface area contributed by atoms with Crippen LogP contribution in [-0.4, -0.2) is 50.3 Å². The number of amides is 1. The van der Waals surface area contributed by atoms with E-state index in [1.165, 1.54) is 15.3 Å². The van der Waals surface area contributed by atoms with Crippen molar-refractivity contribution in [1.29, 1.82) is 0 Å². The minimum absolute atomic E-state index is 0.0334. The number of fused-ring (bicyclic) bond motifs is 2. The summed E-state index contributed by atoms with van der Waals surface area (Å²) in [5.74, 6) is 0.491. The van der Waals surface area contributed by atoms with Crippen LogP contribution in [0.1, 0.15) is 22.0 Å². The highest BCUT2D eigenvalue weighted by Gasteiger charge is 2.35. The Balaban J connectivity index is 1.46. The molecule has 37 heavy (non-hydrogen) atoms. The van der Waals surface area contributed by atoms with E-state index < -0.39 is 10.0 Å². The molecule has 0 saturated carbocycles. The van der Waals surface area contributed by atoms with Gasteiger partial charge in [0, 0.05) is 18.0 Å². The zero-order valence-corrected chi connectivity index (χ0v) is 22.2. The first kappa shape index (κ1) is 25.2. The van der Waals surface area contributed by atoms with Crippen molar-refractivity contribution in [3.05, 3.63) is 107 Å². The van der Waals surface area contributed by atoms with Gasteiger partial charge in [-0.15, -0.1) is 17.9 Å². The molecule has 0 N–H and O–H groups in total. The van der Waals surface area contributed by atoms with Gasteiger partial charge in [0.2, 0.25) is 15.9 Å². The van der Waals surface area contributed by atoms with Gasteiger partial charge in [-0.2, -0.15) is 4.31 Å². The molecule has 0 spiro atoms. The average Bonchev–Trinajstić information content (AvgIpc) is 3.41. The summed E-state index contributed by atoms with van der Waals surface area (Å²) in [5, 5.41) is 3.83. The number of rotatable bonds is 8. The van der Waals surface area contributed by atoms with Crippen LogP contribution >= 0.6 is 11.3 Å². The van der Waals surface area contributed by atoms with Gasteiger partial charge in [0.15, 0.2) is 0 Å². The van der Waals surface area contributed by atoms with E-state index in [1.807, 2.05) is 53.9 Å². The molecule has 0 saturated heterocycles. The van der Waals surface area contributed by atoms with Crippen molar-refractivity contribution in [2.75, 3.05) is 26.7 Å². The highest BCUT2D eigenvalue weighted by Crippen LogP contribution is 2.38. The lowest BCUT2D eigenvalue weighted by Gasteiger charge is -2.37. The average molecular weight is 533 g/mol. The number of thiophene rings is 1. The molecular formula is C29H28N2O4S2. The fourth-order valence-electron chi connectivity index (χ4n) is 4.84. The Kier molecular flexibility index (Phi) is 7.15. The molecule has 6 nitrogen and oxygen atoms in total. The monoisotopic (exact) mass is 532 g/mol. The maximum absolute atomic E-state index is 13.8. The molecule has 0 radical (unpaired) electrons. The Hall–Kier alpha value is -3.46. The quantitative estimate of drug-likeness (QED) is 0.290. The van der Waals surface area contributed by atoms with Crippen LogP contribution in [0.3, 0.4) is 0 Å². The van der Waals surface area contributed by atoms with Crippen molar-refractivity contribution >= 4 is 38.0 Å². The Bertz CT molecular complexity index is 1540.